The van der Waals surface area contributed by atoms with E-state index in [0.29, 0.717) is 10.5 Å². The topological polar surface area (TPSA) is 3.24 Å². The van der Waals surface area contributed by atoms with Crippen LogP contribution in [0.1, 0.15) is 5.56 Å². The number of nitrogens with zero attached hydrogens (tertiary/aromatic N) is 1. The maximum absolute atomic E-state index is 13.5. The van der Waals surface area contributed by atoms with Crippen molar-refractivity contribution in [3.05, 3.63) is 29.3 Å². The molecule has 7 heteroatoms. The first kappa shape index (κ1) is 14.2. The Bertz CT molecular complexity index is 381. The minimum Gasteiger partial charge on any atom is -0.361 e. The molecule has 0 saturated heterocycles. The van der Waals surface area contributed by atoms with Crippen molar-refractivity contribution in [1.82, 2.24) is 0 Å². The molecule has 0 amide bonds. The Hall–Kier alpha value is -0.850. The van der Waals surface area contributed by atoms with Gasteiger partial charge in [0, 0.05) is 12.4 Å². The molecule has 0 aliphatic heterocycles. The summed E-state index contributed by atoms with van der Waals surface area (Å²) in [5, 5.41) is 0.226. The monoisotopic (exact) mass is 317 g/mol. The van der Waals surface area contributed by atoms with E-state index in [1.807, 2.05) is 0 Å². The summed E-state index contributed by atoms with van der Waals surface area (Å²) in [6.45, 7) is -1.41. The van der Waals surface area contributed by atoms with Crippen LogP contribution in [0.25, 0.3) is 0 Å². The van der Waals surface area contributed by atoms with Crippen LogP contribution in [0.3, 0.4) is 0 Å². The first-order valence-electron chi connectivity index (χ1n) is 4.56. The molecule has 0 radical (unpaired) electrons. The molecule has 0 saturated carbocycles. The molecule has 17 heavy (non-hydrogen) atoms. The molecule has 0 heterocycles. The van der Waals surface area contributed by atoms with Crippen LogP contribution in [0.5, 0.6) is 0 Å². The summed E-state index contributed by atoms with van der Waals surface area (Å²) >= 11 is 3.01. The predicted molar refractivity (Wildman–Crippen MR) is 58.3 cm³/mol. The van der Waals surface area contributed by atoms with E-state index in [4.69, 9.17) is 0 Å². The van der Waals surface area contributed by atoms with Gasteiger partial charge in [-0.2, -0.15) is 13.2 Å². The van der Waals surface area contributed by atoms with E-state index in [2.05, 4.69) is 15.9 Å². The van der Waals surface area contributed by atoms with Crippen molar-refractivity contribution in [1.29, 1.82) is 0 Å². The predicted octanol–water partition coefficient (Wildman–Crippen LogP) is 3.86. The maximum Gasteiger partial charge on any atom is 0.405 e. The molecule has 1 aromatic carbocycles. The highest BCUT2D eigenvalue weighted by Crippen LogP contribution is 2.27. The normalized spacial score (nSPS) is 11.7. The number of alkyl halides is 4. The van der Waals surface area contributed by atoms with E-state index in [1.165, 1.54) is 0 Å². The number of rotatable bonds is 3. The Morgan fingerprint density at radius 1 is 1.18 bits per heavy atom. The van der Waals surface area contributed by atoms with E-state index in [1.54, 1.807) is 0 Å². The van der Waals surface area contributed by atoms with Crippen LogP contribution in [0.15, 0.2) is 12.1 Å². The highest BCUT2D eigenvalue weighted by atomic mass is 79.9. The Morgan fingerprint density at radius 3 is 2.00 bits per heavy atom. The first-order chi connectivity index (χ1) is 7.74. The molecule has 0 bridgehead atoms. The molecule has 0 spiro atoms. The van der Waals surface area contributed by atoms with Crippen molar-refractivity contribution in [3.63, 3.8) is 0 Å². The van der Waals surface area contributed by atoms with Crippen LogP contribution in [-0.2, 0) is 5.33 Å². The molecule has 0 N–H and O–H groups in total. The van der Waals surface area contributed by atoms with E-state index in [0.717, 1.165) is 19.2 Å². The zero-order chi connectivity index (χ0) is 13.2. The lowest BCUT2D eigenvalue weighted by atomic mass is 10.2. The lowest BCUT2D eigenvalue weighted by molar-refractivity contribution is -0.119. The third-order valence-electron chi connectivity index (χ3n) is 2.03. The van der Waals surface area contributed by atoms with Crippen molar-refractivity contribution in [2.45, 2.75) is 11.5 Å². The summed E-state index contributed by atoms with van der Waals surface area (Å²) in [7, 11) is 0.989. The van der Waals surface area contributed by atoms with Gasteiger partial charge in [0.2, 0.25) is 0 Å². The molecule has 0 aliphatic rings. The molecule has 0 fully saturated rings. The summed E-state index contributed by atoms with van der Waals surface area (Å²) in [4.78, 5) is 0.503. The lowest BCUT2D eigenvalue weighted by Gasteiger charge is -2.22. The molecule has 1 rings (SSSR count). The fraction of sp³-hybridized carbons (Fsp3) is 0.400. The largest absolute Gasteiger partial charge is 0.405 e. The number of benzene rings is 1. The summed E-state index contributed by atoms with van der Waals surface area (Å²) in [6.07, 6.45) is -4.51. The van der Waals surface area contributed by atoms with Gasteiger partial charge in [0.25, 0.3) is 0 Å². The molecule has 1 nitrogen and oxygen atoms in total. The summed E-state index contributed by atoms with van der Waals surface area (Å²) in [5.41, 5.74) is -0.351. The fourth-order valence-corrected chi connectivity index (χ4v) is 1.73. The molecule has 0 atom stereocenters. The van der Waals surface area contributed by atoms with Gasteiger partial charge in [0.05, 0.1) is 0 Å². The number of halogens is 6. The molecule has 96 valence electrons. The Morgan fingerprint density at radius 2 is 1.65 bits per heavy atom. The second-order valence-corrected chi connectivity index (χ2v) is 4.07. The van der Waals surface area contributed by atoms with Gasteiger partial charge in [-0.3, -0.25) is 0 Å². The molecule has 1 aromatic rings. The second kappa shape index (κ2) is 5.20. The molecule has 0 aliphatic carbocycles. The van der Waals surface area contributed by atoms with Crippen molar-refractivity contribution in [3.8, 4) is 0 Å². The van der Waals surface area contributed by atoms with E-state index < -0.39 is 30.0 Å². The minimum atomic E-state index is -4.51. The van der Waals surface area contributed by atoms with Crippen molar-refractivity contribution < 1.29 is 22.0 Å². The summed E-state index contributed by atoms with van der Waals surface area (Å²) in [5.74, 6) is -2.02. The summed E-state index contributed by atoms with van der Waals surface area (Å²) in [6, 6.07) is 2.00. The van der Waals surface area contributed by atoms with Crippen LogP contribution < -0.4 is 4.90 Å². The van der Waals surface area contributed by atoms with Gasteiger partial charge >= 0.3 is 6.18 Å². The molecule has 0 unspecified atom stereocenters. The SMILES string of the molecule is CN(CC(F)(F)F)c1c(F)cc(CBr)cc1F. The maximum atomic E-state index is 13.5. The zero-order valence-corrected chi connectivity index (χ0v) is 10.4. The standard InChI is InChI=1S/C10H9BrF5N/c1-17(5-10(14,15)16)9-7(12)2-6(4-11)3-8(9)13/h2-3H,4-5H2,1H3. The quantitative estimate of drug-likeness (QED) is 0.604. The number of hydrogen-bond acceptors (Lipinski definition) is 1. The highest BCUT2D eigenvalue weighted by Gasteiger charge is 2.31. The Balaban J connectivity index is 3.06. The summed E-state index contributed by atoms with van der Waals surface area (Å²) < 4.78 is 63.2. The third-order valence-corrected chi connectivity index (χ3v) is 2.68. The number of hydrogen-bond donors (Lipinski definition) is 0. The van der Waals surface area contributed by atoms with E-state index in [9.17, 15) is 22.0 Å². The van der Waals surface area contributed by atoms with E-state index in [-0.39, 0.29) is 5.33 Å². The second-order valence-electron chi connectivity index (χ2n) is 3.51. The van der Waals surface area contributed by atoms with Gasteiger partial charge in [-0.05, 0) is 17.7 Å². The molecule has 0 aromatic heterocycles. The van der Waals surface area contributed by atoms with Crippen LogP contribution in [0.4, 0.5) is 27.6 Å². The van der Waals surface area contributed by atoms with Crippen LogP contribution in [0, 0.1) is 11.6 Å². The Kier molecular flexibility index (Phi) is 4.35. The van der Waals surface area contributed by atoms with Gasteiger partial charge < -0.3 is 4.90 Å². The molecular weight excluding hydrogens is 309 g/mol. The van der Waals surface area contributed by atoms with Gasteiger partial charge in [-0.25, -0.2) is 8.78 Å². The minimum absolute atomic E-state index is 0.226. The van der Waals surface area contributed by atoms with Crippen LogP contribution in [0.2, 0.25) is 0 Å². The number of anilines is 1. The van der Waals surface area contributed by atoms with Crippen molar-refractivity contribution in [2.24, 2.45) is 0 Å². The first-order valence-corrected chi connectivity index (χ1v) is 5.68. The molecular formula is C10H9BrF5N. The van der Waals surface area contributed by atoms with Gasteiger partial charge in [0.15, 0.2) is 0 Å². The highest BCUT2D eigenvalue weighted by molar-refractivity contribution is 9.08. The lowest BCUT2D eigenvalue weighted by Crippen LogP contribution is -2.32. The van der Waals surface area contributed by atoms with Gasteiger partial charge in [0.1, 0.15) is 23.9 Å². The van der Waals surface area contributed by atoms with Gasteiger partial charge in [-0.15, -0.1) is 0 Å². The zero-order valence-electron chi connectivity index (χ0n) is 8.78. The fourth-order valence-electron chi connectivity index (χ4n) is 1.41. The average Bonchev–Trinajstić information content (AvgIpc) is 2.13. The average molecular weight is 318 g/mol. The smallest absolute Gasteiger partial charge is 0.361 e. The van der Waals surface area contributed by atoms with Crippen molar-refractivity contribution in [2.75, 3.05) is 18.5 Å². The van der Waals surface area contributed by atoms with Crippen LogP contribution in [-0.4, -0.2) is 19.8 Å². The van der Waals surface area contributed by atoms with Crippen LogP contribution >= 0.6 is 15.9 Å². The Labute approximate surface area is 103 Å². The van der Waals surface area contributed by atoms with Crippen molar-refractivity contribution >= 4 is 21.6 Å². The third kappa shape index (κ3) is 3.83. The van der Waals surface area contributed by atoms with Gasteiger partial charge in [-0.1, -0.05) is 15.9 Å². The van der Waals surface area contributed by atoms with E-state index >= 15 is 0 Å².